The molecule has 11 nitrogen and oxygen atoms in total. The van der Waals surface area contributed by atoms with Crippen molar-refractivity contribution in [3.63, 3.8) is 0 Å². The van der Waals surface area contributed by atoms with E-state index in [1.807, 2.05) is 0 Å². The summed E-state index contributed by atoms with van der Waals surface area (Å²) in [6.45, 7) is 9.94. The Balaban J connectivity index is 2.47. The normalized spacial score (nSPS) is 12.8. The first kappa shape index (κ1) is 24.6. The molecule has 0 fully saturated rings. The monoisotopic (exact) mass is 449 g/mol. The van der Waals surface area contributed by atoms with Gasteiger partial charge in [-0.25, -0.2) is 14.4 Å². The van der Waals surface area contributed by atoms with Gasteiger partial charge in [-0.05, 0) is 53.2 Å². The molecule has 2 rings (SSSR count). The summed E-state index contributed by atoms with van der Waals surface area (Å²) in [5.41, 5.74) is -1.32. The van der Waals surface area contributed by atoms with Crippen molar-refractivity contribution in [2.75, 3.05) is 0 Å². The maximum Gasteiger partial charge on any atom is 0.419 e. The number of non-ortho nitro benzene ring substituents is 1. The zero-order valence-corrected chi connectivity index (χ0v) is 18.8. The number of nitrogens with one attached hydrogen (secondary N) is 1. The van der Waals surface area contributed by atoms with Crippen molar-refractivity contribution in [2.45, 2.75) is 65.2 Å². The topological polar surface area (TPSA) is 150 Å². The SMILES string of the molecule is CC(C)(C)OC(=O)N[C@H](Cc1cn(C(=O)OC(C)(C)C)c2cc([N+](=O)[O-])ccc12)C(=O)O. The number of hydrogen-bond acceptors (Lipinski definition) is 7. The van der Waals surface area contributed by atoms with Gasteiger partial charge in [0.15, 0.2) is 0 Å². The third-order valence-corrected chi connectivity index (χ3v) is 4.09. The number of fused-ring (bicyclic) bond motifs is 1. The van der Waals surface area contributed by atoms with E-state index in [2.05, 4.69) is 5.32 Å². The molecule has 0 unspecified atom stereocenters. The highest BCUT2D eigenvalue weighted by Gasteiger charge is 2.28. The van der Waals surface area contributed by atoms with Crippen LogP contribution in [-0.2, 0) is 20.7 Å². The molecule has 174 valence electrons. The third-order valence-electron chi connectivity index (χ3n) is 4.09. The number of amides is 1. The van der Waals surface area contributed by atoms with Crippen LogP contribution >= 0.6 is 0 Å². The summed E-state index contributed by atoms with van der Waals surface area (Å²) in [5, 5.41) is 23.5. The molecule has 1 aromatic carbocycles. The van der Waals surface area contributed by atoms with Gasteiger partial charge in [-0.2, -0.15) is 0 Å². The van der Waals surface area contributed by atoms with Crippen molar-refractivity contribution in [1.29, 1.82) is 0 Å². The third kappa shape index (κ3) is 6.43. The number of carbonyl (C=O) groups excluding carboxylic acids is 2. The maximum absolute atomic E-state index is 12.7. The lowest BCUT2D eigenvalue weighted by Gasteiger charge is -2.22. The zero-order valence-electron chi connectivity index (χ0n) is 18.8. The quantitative estimate of drug-likeness (QED) is 0.516. The smallest absolute Gasteiger partial charge is 0.419 e. The van der Waals surface area contributed by atoms with E-state index in [1.165, 1.54) is 24.4 Å². The molecular weight excluding hydrogens is 422 g/mol. The van der Waals surface area contributed by atoms with Gasteiger partial charge in [-0.3, -0.25) is 14.7 Å². The summed E-state index contributed by atoms with van der Waals surface area (Å²) in [6, 6.07) is 2.52. The number of aliphatic carboxylic acids is 1. The molecule has 32 heavy (non-hydrogen) atoms. The minimum absolute atomic E-state index is 0.185. The van der Waals surface area contributed by atoms with E-state index < -0.39 is 40.3 Å². The Bertz CT molecular complexity index is 1060. The number of carbonyl (C=O) groups is 3. The molecule has 1 amide bonds. The minimum atomic E-state index is -1.36. The molecule has 0 bridgehead atoms. The number of benzene rings is 1. The van der Waals surface area contributed by atoms with Crippen molar-refractivity contribution in [2.24, 2.45) is 0 Å². The maximum atomic E-state index is 12.7. The second-order valence-electron chi connectivity index (χ2n) is 9.20. The number of rotatable bonds is 5. The summed E-state index contributed by atoms with van der Waals surface area (Å²) in [5.74, 6) is -1.31. The summed E-state index contributed by atoms with van der Waals surface area (Å²) >= 11 is 0. The van der Waals surface area contributed by atoms with Crippen LogP contribution in [0.25, 0.3) is 10.9 Å². The number of nitro benzene ring substituents is 1. The molecule has 1 atom stereocenters. The number of aromatic nitrogens is 1. The first-order valence-corrected chi connectivity index (χ1v) is 9.81. The summed E-state index contributed by atoms with van der Waals surface area (Å²) in [6.07, 6.45) is -0.522. The standard InChI is InChI=1S/C21H27N3O8/c1-20(2,3)31-18(27)22-15(17(25)26)9-12-11-23(19(28)32-21(4,5)6)16-10-13(24(29)30)7-8-14(12)16/h7-8,10-11,15H,9H2,1-6H3,(H,22,27)(H,25,26)/t15-/m1/s1. The van der Waals surface area contributed by atoms with Gasteiger partial charge in [-0.15, -0.1) is 0 Å². The van der Waals surface area contributed by atoms with Crippen molar-refractivity contribution < 1.29 is 33.9 Å². The van der Waals surface area contributed by atoms with Crippen LogP contribution in [0, 0.1) is 10.1 Å². The molecule has 0 aliphatic carbocycles. The van der Waals surface area contributed by atoms with E-state index in [1.54, 1.807) is 41.5 Å². The van der Waals surface area contributed by atoms with E-state index in [9.17, 15) is 29.6 Å². The highest BCUT2D eigenvalue weighted by molar-refractivity contribution is 5.94. The van der Waals surface area contributed by atoms with Gasteiger partial charge >= 0.3 is 18.2 Å². The van der Waals surface area contributed by atoms with Crippen LogP contribution < -0.4 is 5.32 Å². The molecule has 0 aliphatic rings. The second kappa shape index (κ2) is 8.85. The van der Waals surface area contributed by atoms with Crippen LogP contribution in [0.15, 0.2) is 24.4 Å². The molecule has 2 aromatic rings. The fraction of sp³-hybridized carbons (Fsp3) is 0.476. The molecule has 1 aromatic heterocycles. The first-order valence-electron chi connectivity index (χ1n) is 9.81. The zero-order chi connectivity index (χ0) is 24.4. The number of nitrogens with zero attached hydrogens (tertiary/aromatic N) is 2. The highest BCUT2D eigenvalue weighted by Crippen LogP contribution is 2.28. The van der Waals surface area contributed by atoms with Crippen molar-refractivity contribution >= 4 is 34.7 Å². The van der Waals surface area contributed by atoms with E-state index in [0.717, 1.165) is 4.57 Å². The molecule has 2 N–H and O–H groups in total. The lowest BCUT2D eigenvalue weighted by molar-refractivity contribution is -0.384. The fourth-order valence-corrected chi connectivity index (χ4v) is 2.89. The van der Waals surface area contributed by atoms with Gasteiger partial charge in [0.05, 0.1) is 10.4 Å². The summed E-state index contributed by atoms with van der Waals surface area (Å²) in [4.78, 5) is 47.1. The Morgan fingerprint density at radius 1 is 1.12 bits per heavy atom. The highest BCUT2D eigenvalue weighted by atomic mass is 16.6. The summed E-state index contributed by atoms with van der Waals surface area (Å²) < 4.78 is 11.6. The molecule has 0 saturated carbocycles. The van der Waals surface area contributed by atoms with Crippen LogP contribution in [0.1, 0.15) is 47.1 Å². The Morgan fingerprint density at radius 3 is 2.22 bits per heavy atom. The van der Waals surface area contributed by atoms with Crippen molar-refractivity contribution in [1.82, 2.24) is 9.88 Å². The van der Waals surface area contributed by atoms with Crippen molar-refractivity contribution in [3.8, 4) is 0 Å². The number of nitro groups is 1. The van der Waals surface area contributed by atoms with Gasteiger partial charge in [-0.1, -0.05) is 0 Å². The van der Waals surface area contributed by atoms with Gasteiger partial charge in [0, 0.05) is 30.1 Å². The van der Waals surface area contributed by atoms with Crippen LogP contribution in [0.3, 0.4) is 0 Å². The number of alkyl carbamates (subject to hydrolysis) is 1. The number of carboxylic acids is 1. The second-order valence-corrected chi connectivity index (χ2v) is 9.20. The molecule has 0 radical (unpaired) electrons. The molecule has 11 heteroatoms. The van der Waals surface area contributed by atoms with Crippen LogP contribution in [-0.4, -0.2) is 50.0 Å². The Kier molecular flexibility index (Phi) is 6.82. The predicted octanol–water partition coefficient (Wildman–Crippen LogP) is 3.85. The minimum Gasteiger partial charge on any atom is -0.480 e. The van der Waals surface area contributed by atoms with Gasteiger partial charge in [0.25, 0.3) is 5.69 Å². The van der Waals surface area contributed by atoms with E-state index in [-0.39, 0.29) is 17.6 Å². The Hall–Kier alpha value is -3.63. The molecule has 1 heterocycles. The average Bonchev–Trinajstić information content (AvgIpc) is 2.96. The van der Waals surface area contributed by atoms with Gasteiger partial charge in [0.2, 0.25) is 0 Å². The lowest BCUT2D eigenvalue weighted by atomic mass is 10.0. The number of carboxylic acid groups (broad SMARTS) is 1. The number of hydrogen-bond donors (Lipinski definition) is 2. The summed E-state index contributed by atoms with van der Waals surface area (Å²) in [7, 11) is 0. The van der Waals surface area contributed by atoms with Gasteiger partial charge < -0.3 is 19.9 Å². The lowest BCUT2D eigenvalue weighted by Crippen LogP contribution is -2.44. The largest absolute Gasteiger partial charge is 0.480 e. The van der Waals surface area contributed by atoms with E-state index in [0.29, 0.717) is 10.9 Å². The fourth-order valence-electron chi connectivity index (χ4n) is 2.89. The van der Waals surface area contributed by atoms with Gasteiger partial charge in [0.1, 0.15) is 17.2 Å². The van der Waals surface area contributed by atoms with E-state index in [4.69, 9.17) is 9.47 Å². The van der Waals surface area contributed by atoms with Crippen LogP contribution in [0.5, 0.6) is 0 Å². The Labute approximate surface area is 184 Å². The molecule has 0 aliphatic heterocycles. The predicted molar refractivity (Wildman–Crippen MR) is 115 cm³/mol. The number of ether oxygens (including phenoxy) is 2. The average molecular weight is 449 g/mol. The Morgan fingerprint density at radius 2 is 1.72 bits per heavy atom. The molecule has 0 spiro atoms. The van der Waals surface area contributed by atoms with Crippen LogP contribution in [0.2, 0.25) is 0 Å². The first-order chi connectivity index (χ1) is 14.6. The molecular formula is C21H27N3O8. The van der Waals surface area contributed by atoms with Crippen molar-refractivity contribution in [3.05, 3.63) is 40.1 Å². The van der Waals surface area contributed by atoms with Crippen LogP contribution in [0.4, 0.5) is 15.3 Å². The molecule has 0 saturated heterocycles. The van der Waals surface area contributed by atoms with E-state index >= 15 is 0 Å².